The van der Waals surface area contributed by atoms with Crippen molar-refractivity contribution < 1.29 is 0 Å². The van der Waals surface area contributed by atoms with Gasteiger partial charge >= 0.3 is 0 Å². The van der Waals surface area contributed by atoms with Crippen LogP contribution in [-0.2, 0) is 7.05 Å². The van der Waals surface area contributed by atoms with E-state index in [-0.39, 0.29) is 11.5 Å². The molecule has 3 aromatic rings. The predicted octanol–water partition coefficient (Wildman–Crippen LogP) is 4.84. The Morgan fingerprint density at radius 2 is 1.94 bits per heavy atom. The van der Waals surface area contributed by atoms with E-state index in [9.17, 15) is 4.79 Å². The molecule has 1 aliphatic rings. The summed E-state index contributed by atoms with van der Waals surface area (Å²) in [6.45, 7) is 14.0. The van der Waals surface area contributed by atoms with Crippen LogP contribution in [0.4, 0.5) is 0 Å². The number of likely N-dealkylation sites (tertiary alicyclic amines) is 1. The number of nitrogens with one attached hydrogen (secondary N) is 1. The maximum atomic E-state index is 12.3. The Morgan fingerprint density at radius 3 is 2.58 bits per heavy atom. The Hall–Kier alpha value is -2.25. The maximum absolute atomic E-state index is 12.3. The van der Waals surface area contributed by atoms with Crippen LogP contribution in [0.5, 0.6) is 0 Å². The van der Waals surface area contributed by atoms with E-state index < -0.39 is 0 Å². The zero-order chi connectivity index (χ0) is 22.3. The number of aromatic nitrogens is 4. The first-order chi connectivity index (χ1) is 14.8. The maximum Gasteiger partial charge on any atom is 0.253 e. The molecule has 0 spiro atoms. The minimum Gasteiger partial charge on any atom is -0.318 e. The molecule has 4 rings (SSSR count). The molecule has 0 amide bonds. The third-order valence-electron chi connectivity index (χ3n) is 6.74. The first kappa shape index (κ1) is 22.0. The molecule has 1 fully saturated rings. The van der Waals surface area contributed by atoms with Gasteiger partial charge in [0.25, 0.3) is 5.56 Å². The van der Waals surface area contributed by atoms with Gasteiger partial charge in [-0.15, -0.1) is 11.3 Å². The Labute approximate surface area is 188 Å². The first-order valence-electron chi connectivity index (χ1n) is 11.3. The van der Waals surface area contributed by atoms with Gasteiger partial charge in [-0.25, -0.2) is 4.98 Å². The quantitative estimate of drug-likeness (QED) is 0.618. The molecule has 4 heterocycles. The van der Waals surface area contributed by atoms with Gasteiger partial charge in [0.05, 0.1) is 11.4 Å². The van der Waals surface area contributed by atoms with Crippen molar-refractivity contribution in [3.8, 4) is 22.0 Å². The van der Waals surface area contributed by atoms with Gasteiger partial charge in [-0.2, -0.15) is 5.10 Å². The lowest BCUT2D eigenvalue weighted by molar-refractivity contribution is 0.223. The Balaban J connectivity index is 1.72. The van der Waals surface area contributed by atoms with Crippen molar-refractivity contribution in [1.82, 2.24) is 24.6 Å². The highest BCUT2D eigenvalue weighted by Crippen LogP contribution is 2.40. The molecule has 0 aromatic carbocycles. The van der Waals surface area contributed by atoms with E-state index in [1.807, 2.05) is 20.0 Å². The molecule has 1 N–H and O–H groups in total. The number of piperidine rings is 1. The summed E-state index contributed by atoms with van der Waals surface area (Å²) >= 11 is 1.80. The van der Waals surface area contributed by atoms with Crippen LogP contribution in [0, 0.1) is 13.8 Å². The highest BCUT2D eigenvalue weighted by molar-refractivity contribution is 7.15. The fourth-order valence-electron chi connectivity index (χ4n) is 4.62. The molecule has 0 radical (unpaired) electrons. The largest absolute Gasteiger partial charge is 0.318 e. The molecular formula is C24H33N5OS. The van der Waals surface area contributed by atoms with Gasteiger partial charge in [-0.05, 0) is 63.7 Å². The molecule has 0 unspecified atom stereocenters. The fourth-order valence-corrected chi connectivity index (χ4v) is 5.71. The lowest BCUT2D eigenvalue weighted by Gasteiger charge is -2.30. The summed E-state index contributed by atoms with van der Waals surface area (Å²) in [6.07, 6.45) is 6.39. The molecule has 0 aliphatic carbocycles. The SMILES string of the molecule is CCN1CCC(c2cnc(-c3[nH]nc(-c4cn(C)c(=O)c(C)c4C)c3C(C)C)s2)CC1. The smallest absolute Gasteiger partial charge is 0.253 e. The van der Waals surface area contributed by atoms with E-state index in [1.54, 1.807) is 23.0 Å². The molecule has 0 bridgehead atoms. The molecule has 7 heteroatoms. The van der Waals surface area contributed by atoms with E-state index >= 15 is 0 Å². The number of rotatable bonds is 5. The van der Waals surface area contributed by atoms with Gasteiger partial charge in [0.15, 0.2) is 0 Å². The van der Waals surface area contributed by atoms with Crippen LogP contribution in [0.3, 0.4) is 0 Å². The third-order valence-corrected chi connectivity index (χ3v) is 7.92. The summed E-state index contributed by atoms with van der Waals surface area (Å²) in [5, 5.41) is 9.01. The van der Waals surface area contributed by atoms with Gasteiger partial charge in [-0.3, -0.25) is 9.89 Å². The fraction of sp³-hybridized carbons (Fsp3) is 0.542. The van der Waals surface area contributed by atoms with Gasteiger partial charge < -0.3 is 9.47 Å². The molecule has 31 heavy (non-hydrogen) atoms. The number of aryl methyl sites for hydroxylation is 1. The lowest BCUT2D eigenvalue weighted by Crippen LogP contribution is -2.32. The van der Waals surface area contributed by atoms with Crippen LogP contribution in [0.25, 0.3) is 22.0 Å². The van der Waals surface area contributed by atoms with Gasteiger partial charge in [0.2, 0.25) is 0 Å². The van der Waals surface area contributed by atoms with Crippen molar-refractivity contribution in [2.24, 2.45) is 7.05 Å². The number of H-pyrrole nitrogens is 1. The van der Waals surface area contributed by atoms with Crippen molar-refractivity contribution in [3.05, 3.63) is 44.3 Å². The standard InChI is InChI=1S/C24H33N5OS/c1-7-29-10-8-17(9-11-29)19-12-25-23(31-19)22-20(14(2)3)21(26-27-22)18-13-28(6)24(30)16(5)15(18)4/h12-14,17H,7-11H2,1-6H3,(H,26,27). The van der Waals surface area contributed by atoms with E-state index in [1.165, 1.54) is 36.4 Å². The normalized spacial score (nSPS) is 15.8. The molecule has 0 atom stereocenters. The molecular weight excluding hydrogens is 406 g/mol. The molecule has 3 aromatic heterocycles. The second-order valence-electron chi connectivity index (χ2n) is 9.00. The summed E-state index contributed by atoms with van der Waals surface area (Å²) in [5.74, 6) is 0.883. The summed E-state index contributed by atoms with van der Waals surface area (Å²) in [7, 11) is 1.80. The number of hydrogen-bond acceptors (Lipinski definition) is 5. The molecule has 6 nitrogen and oxygen atoms in total. The molecule has 1 saturated heterocycles. The molecule has 1 aliphatic heterocycles. The van der Waals surface area contributed by atoms with Crippen molar-refractivity contribution in [2.45, 2.75) is 59.3 Å². The highest BCUT2D eigenvalue weighted by atomic mass is 32.1. The average Bonchev–Trinajstić information content (AvgIpc) is 3.42. The van der Waals surface area contributed by atoms with E-state index in [0.717, 1.165) is 39.6 Å². The van der Waals surface area contributed by atoms with E-state index in [2.05, 4.69) is 37.0 Å². The van der Waals surface area contributed by atoms with Crippen molar-refractivity contribution in [2.75, 3.05) is 19.6 Å². The van der Waals surface area contributed by atoms with Gasteiger partial charge in [0.1, 0.15) is 5.01 Å². The van der Waals surface area contributed by atoms with Crippen molar-refractivity contribution in [1.29, 1.82) is 0 Å². The van der Waals surface area contributed by atoms with Gasteiger partial charge in [0, 0.05) is 41.0 Å². The summed E-state index contributed by atoms with van der Waals surface area (Å²) in [6, 6.07) is 0. The van der Waals surface area contributed by atoms with E-state index in [0.29, 0.717) is 5.92 Å². The zero-order valence-electron chi connectivity index (χ0n) is 19.5. The third kappa shape index (κ3) is 4.01. The van der Waals surface area contributed by atoms with Crippen LogP contribution >= 0.6 is 11.3 Å². The average molecular weight is 440 g/mol. The van der Waals surface area contributed by atoms with E-state index in [4.69, 9.17) is 10.1 Å². The number of hydrogen-bond donors (Lipinski definition) is 1. The Kier molecular flexibility index (Phi) is 6.17. The lowest BCUT2D eigenvalue weighted by atomic mass is 9.94. The first-order valence-corrected chi connectivity index (χ1v) is 12.1. The Bertz CT molecular complexity index is 1130. The highest BCUT2D eigenvalue weighted by Gasteiger charge is 2.26. The monoisotopic (exact) mass is 439 g/mol. The van der Waals surface area contributed by atoms with Crippen molar-refractivity contribution in [3.63, 3.8) is 0 Å². The summed E-state index contributed by atoms with van der Waals surface area (Å²) < 4.78 is 1.65. The second kappa shape index (κ2) is 8.71. The minimum absolute atomic E-state index is 0.0433. The Morgan fingerprint density at radius 1 is 1.23 bits per heavy atom. The summed E-state index contributed by atoms with van der Waals surface area (Å²) in [5.41, 5.74) is 5.92. The van der Waals surface area contributed by atoms with Crippen LogP contribution in [0.1, 0.15) is 67.0 Å². The zero-order valence-corrected chi connectivity index (χ0v) is 20.3. The second-order valence-corrected chi connectivity index (χ2v) is 10.1. The number of thiazole rings is 1. The summed E-state index contributed by atoms with van der Waals surface area (Å²) in [4.78, 5) is 21.0. The van der Waals surface area contributed by atoms with Crippen LogP contribution < -0.4 is 5.56 Å². The van der Waals surface area contributed by atoms with Crippen molar-refractivity contribution >= 4 is 11.3 Å². The predicted molar refractivity (Wildman–Crippen MR) is 128 cm³/mol. The molecule has 0 saturated carbocycles. The molecule has 166 valence electrons. The topological polar surface area (TPSA) is 66.8 Å². The number of aromatic amines is 1. The van der Waals surface area contributed by atoms with Gasteiger partial charge in [-0.1, -0.05) is 20.8 Å². The number of pyridine rings is 1. The minimum atomic E-state index is 0.0433. The van der Waals surface area contributed by atoms with Crippen LogP contribution in [-0.4, -0.2) is 44.3 Å². The number of nitrogens with zero attached hydrogens (tertiary/aromatic N) is 4. The van der Waals surface area contributed by atoms with Crippen LogP contribution in [0.15, 0.2) is 17.2 Å². The van der Waals surface area contributed by atoms with Crippen LogP contribution in [0.2, 0.25) is 0 Å².